The number of hydrogen-bond donors (Lipinski definition) is 2. The topological polar surface area (TPSA) is 95.7 Å². The average molecular weight is 423 g/mol. The molecule has 7 nitrogen and oxygen atoms in total. The molecule has 1 heterocycles. The molecule has 0 spiro atoms. The number of likely N-dealkylation sites (N-methyl/N-ethyl adjacent to an activating group) is 1. The molecule has 30 heavy (non-hydrogen) atoms. The summed E-state index contributed by atoms with van der Waals surface area (Å²) in [5, 5.41) is 3.01. The minimum Gasteiger partial charge on any atom is -0.366 e. The number of hydrogen-bond acceptors (Lipinski definition) is 4. The van der Waals surface area contributed by atoms with Crippen LogP contribution in [0.1, 0.15) is 73.1 Å². The second kappa shape index (κ2) is 12.7. The highest BCUT2D eigenvalue weighted by molar-refractivity contribution is 5.92. The van der Waals surface area contributed by atoms with Crippen LogP contribution in [0, 0.1) is 5.92 Å². The van der Waals surface area contributed by atoms with Crippen LogP contribution in [0.25, 0.3) is 0 Å². The summed E-state index contributed by atoms with van der Waals surface area (Å²) in [5.74, 6) is -0.704. The van der Waals surface area contributed by atoms with E-state index in [4.69, 9.17) is 5.73 Å². The Morgan fingerprint density at radius 1 is 1.20 bits per heavy atom. The van der Waals surface area contributed by atoms with E-state index >= 15 is 0 Å². The van der Waals surface area contributed by atoms with Crippen molar-refractivity contribution in [2.24, 2.45) is 11.7 Å². The summed E-state index contributed by atoms with van der Waals surface area (Å²) in [6, 6.07) is -0.495. The Balaban J connectivity index is 2.84. The second-order valence-corrected chi connectivity index (χ2v) is 8.99. The van der Waals surface area contributed by atoms with Gasteiger partial charge < -0.3 is 16.0 Å². The molecular weight excluding hydrogens is 380 g/mol. The van der Waals surface area contributed by atoms with E-state index in [0.717, 1.165) is 38.6 Å². The van der Waals surface area contributed by atoms with Crippen molar-refractivity contribution in [3.05, 3.63) is 11.6 Å². The average Bonchev–Trinajstić information content (AvgIpc) is 2.70. The first-order valence-corrected chi connectivity index (χ1v) is 11.4. The second-order valence-electron chi connectivity index (χ2n) is 8.99. The molecule has 2 unspecified atom stereocenters. The molecule has 0 aromatic rings. The molecule has 0 radical (unpaired) electrons. The summed E-state index contributed by atoms with van der Waals surface area (Å²) in [5.41, 5.74) is 6.01. The van der Waals surface area contributed by atoms with Crippen LogP contribution < -0.4 is 11.1 Å². The summed E-state index contributed by atoms with van der Waals surface area (Å²) in [6.45, 7) is 11.3. The number of nitrogens with two attached hydrogens (primary N) is 1. The van der Waals surface area contributed by atoms with Gasteiger partial charge in [-0.25, -0.2) is 0 Å². The van der Waals surface area contributed by atoms with Gasteiger partial charge in [0.15, 0.2) is 0 Å². The fourth-order valence-corrected chi connectivity index (χ4v) is 3.88. The van der Waals surface area contributed by atoms with Crippen molar-refractivity contribution in [3.63, 3.8) is 0 Å². The van der Waals surface area contributed by atoms with Gasteiger partial charge in [-0.3, -0.25) is 19.3 Å². The highest BCUT2D eigenvalue weighted by Gasteiger charge is 2.34. The van der Waals surface area contributed by atoms with Crippen molar-refractivity contribution in [1.82, 2.24) is 15.1 Å². The molecule has 0 aromatic carbocycles. The molecule has 1 aliphatic heterocycles. The maximum absolute atomic E-state index is 13.1. The fourth-order valence-electron chi connectivity index (χ4n) is 3.88. The predicted octanol–water partition coefficient (Wildman–Crippen LogP) is 2.45. The summed E-state index contributed by atoms with van der Waals surface area (Å²) in [7, 11) is 1.69. The van der Waals surface area contributed by atoms with Crippen molar-refractivity contribution in [3.8, 4) is 0 Å². The number of primary amides is 1. The third kappa shape index (κ3) is 7.74. The van der Waals surface area contributed by atoms with Crippen molar-refractivity contribution in [1.29, 1.82) is 0 Å². The van der Waals surface area contributed by atoms with E-state index < -0.39 is 11.9 Å². The summed E-state index contributed by atoms with van der Waals surface area (Å²) < 4.78 is 0. The molecule has 0 aromatic heterocycles. The summed E-state index contributed by atoms with van der Waals surface area (Å²) >= 11 is 0. The van der Waals surface area contributed by atoms with Crippen LogP contribution in [0.3, 0.4) is 0 Å². The SMILES string of the molecule is CCCC/C(=C\CN(C)C(=O)C(NC(=O)C1CCCCN1C(C)C)C(C)C)C(N)=O. The Morgan fingerprint density at radius 3 is 2.40 bits per heavy atom. The lowest BCUT2D eigenvalue weighted by Gasteiger charge is -2.38. The molecule has 1 aliphatic rings. The van der Waals surface area contributed by atoms with Gasteiger partial charge in [-0.1, -0.05) is 39.7 Å². The number of nitrogens with one attached hydrogen (secondary N) is 1. The number of carbonyl (C=O) groups excluding carboxylic acids is 3. The van der Waals surface area contributed by atoms with Gasteiger partial charge in [-0.05, 0) is 52.0 Å². The lowest BCUT2D eigenvalue weighted by molar-refractivity contribution is -0.138. The van der Waals surface area contributed by atoms with Gasteiger partial charge >= 0.3 is 0 Å². The zero-order valence-corrected chi connectivity index (χ0v) is 19.7. The van der Waals surface area contributed by atoms with Gasteiger partial charge in [-0.2, -0.15) is 0 Å². The van der Waals surface area contributed by atoms with Crippen LogP contribution in [-0.4, -0.2) is 65.8 Å². The molecule has 1 fully saturated rings. The normalized spacial score (nSPS) is 19.1. The quantitative estimate of drug-likeness (QED) is 0.500. The molecular formula is C23H42N4O3. The monoisotopic (exact) mass is 422 g/mol. The molecule has 0 bridgehead atoms. The number of rotatable bonds is 11. The summed E-state index contributed by atoms with van der Waals surface area (Å²) in [6.07, 6.45) is 7.15. The smallest absolute Gasteiger partial charge is 0.245 e. The number of likely N-dealkylation sites (tertiary alicyclic amines) is 1. The highest BCUT2D eigenvalue weighted by atomic mass is 16.2. The molecule has 172 valence electrons. The lowest BCUT2D eigenvalue weighted by Crippen LogP contribution is -2.57. The lowest BCUT2D eigenvalue weighted by atomic mass is 9.97. The number of unbranched alkanes of at least 4 members (excludes halogenated alkanes) is 1. The molecule has 7 heteroatoms. The van der Waals surface area contributed by atoms with Crippen LogP contribution in [0.4, 0.5) is 0 Å². The molecule has 1 saturated heterocycles. The first kappa shape index (κ1) is 26.1. The molecule has 0 saturated carbocycles. The Hall–Kier alpha value is -1.89. The van der Waals surface area contributed by atoms with Crippen LogP contribution >= 0.6 is 0 Å². The van der Waals surface area contributed by atoms with E-state index in [1.54, 1.807) is 18.0 Å². The third-order valence-electron chi connectivity index (χ3n) is 5.84. The van der Waals surface area contributed by atoms with Gasteiger partial charge in [0, 0.05) is 25.2 Å². The van der Waals surface area contributed by atoms with Crippen LogP contribution in [0.2, 0.25) is 0 Å². The Labute approximate surface area is 182 Å². The zero-order chi connectivity index (χ0) is 22.8. The maximum Gasteiger partial charge on any atom is 0.245 e. The maximum atomic E-state index is 13.1. The van der Waals surface area contributed by atoms with Gasteiger partial charge in [0.1, 0.15) is 6.04 Å². The minimum atomic E-state index is -0.598. The largest absolute Gasteiger partial charge is 0.366 e. The van der Waals surface area contributed by atoms with Crippen LogP contribution in [0.5, 0.6) is 0 Å². The van der Waals surface area contributed by atoms with Crippen LogP contribution in [0.15, 0.2) is 11.6 Å². The number of nitrogens with zero attached hydrogens (tertiary/aromatic N) is 2. The van der Waals surface area contributed by atoms with Gasteiger partial charge in [0.05, 0.1) is 6.04 Å². The van der Waals surface area contributed by atoms with Gasteiger partial charge in [-0.15, -0.1) is 0 Å². The van der Waals surface area contributed by atoms with Gasteiger partial charge in [0.2, 0.25) is 17.7 Å². The van der Waals surface area contributed by atoms with Gasteiger partial charge in [0.25, 0.3) is 0 Å². The minimum absolute atomic E-state index is 0.0420. The molecule has 0 aliphatic carbocycles. The Kier molecular flexibility index (Phi) is 11.1. The van der Waals surface area contributed by atoms with E-state index in [0.29, 0.717) is 18.5 Å². The van der Waals surface area contributed by atoms with Crippen LogP contribution in [-0.2, 0) is 14.4 Å². The Bertz CT molecular complexity index is 616. The number of piperidine rings is 1. The number of carbonyl (C=O) groups is 3. The molecule has 2 atom stereocenters. The molecule has 3 amide bonds. The van der Waals surface area contributed by atoms with Crippen molar-refractivity contribution in [2.45, 2.75) is 91.3 Å². The highest BCUT2D eigenvalue weighted by Crippen LogP contribution is 2.20. The third-order valence-corrected chi connectivity index (χ3v) is 5.84. The summed E-state index contributed by atoms with van der Waals surface area (Å²) in [4.78, 5) is 41.5. The predicted molar refractivity (Wildman–Crippen MR) is 121 cm³/mol. The molecule has 1 rings (SSSR count). The molecule has 3 N–H and O–H groups in total. The van der Waals surface area contributed by atoms with E-state index in [1.165, 1.54) is 0 Å². The van der Waals surface area contributed by atoms with E-state index in [9.17, 15) is 14.4 Å². The van der Waals surface area contributed by atoms with Crippen molar-refractivity contribution >= 4 is 17.7 Å². The fraction of sp³-hybridized carbons (Fsp3) is 0.783. The van der Waals surface area contributed by atoms with Crippen molar-refractivity contribution in [2.75, 3.05) is 20.1 Å². The van der Waals surface area contributed by atoms with Crippen molar-refractivity contribution < 1.29 is 14.4 Å². The van der Waals surface area contributed by atoms with E-state index in [2.05, 4.69) is 31.0 Å². The first-order chi connectivity index (χ1) is 14.1. The first-order valence-electron chi connectivity index (χ1n) is 11.4. The Morgan fingerprint density at radius 2 is 1.87 bits per heavy atom. The number of amides is 3. The zero-order valence-electron chi connectivity index (χ0n) is 19.7. The van der Waals surface area contributed by atoms with E-state index in [1.807, 2.05) is 13.8 Å². The van der Waals surface area contributed by atoms with E-state index in [-0.39, 0.29) is 29.8 Å². The standard InChI is InChI=1S/C23H42N4O3/c1-7-8-11-18(21(24)28)13-15-26(6)23(30)20(16(2)3)25-22(29)19-12-9-10-14-27(19)17(4)5/h13,16-17,19-20H,7-12,14-15H2,1-6H3,(H2,24,28)(H,25,29)/b18-13+.